The van der Waals surface area contributed by atoms with Crippen molar-refractivity contribution >= 4 is 0 Å². The molecule has 0 aliphatic carbocycles. The smallest absolute Gasteiger partial charge is 0.137 e. The fourth-order valence-corrected chi connectivity index (χ4v) is 1.33. The minimum Gasteiger partial charge on any atom is -0.497 e. The number of nitrogens with one attached hydrogen (secondary N) is 1. The highest BCUT2D eigenvalue weighted by Crippen LogP contribution is 2.20. The molecule has 1 aromatic heterocycles. The van der Waals surface area contributed by atoms with Crippen LogP contribution in [0, 0.1) is 6.92 Å². The van der Waals surface area contributed by atoms with E-state index in [1.54, 1.807) is 7.11 Å². The van der Waals surface area contributed by atoms with Gasteiger partial charge in [-0.05, 0) is 19.1 Å². The second kappa shape index (κ2) is 3.54. The number of hydrogen-bond donors (Lipinski definition) is 1. The number of hydrogen-bond acceptors (Lipinski definition) is 2. The van der Waals surface area contributed by atoms with Gasteiger partial charge >= 0.3 is 0 Å². The second-order valence-corrected chi connectivity index (χ2v) is 3.15. The highest BCUT2D eigenvalue weighted by molar-refractivity contribution is 5.57. The maximum absolute atomic E-state index is 5.14. The summed E-state index contributed by atoms with van der Waals surface area (Å²) in [6.45, 7) is 1.98. The Kier molecular flexibility index (Phi) is 2.23. The van der Waals surface area contributed by atoms with E-state index in [-0.39, 0.29) is 0 Å². The maximum atomic E-state index is 5.14. The van der Waals surface area contributed by atoms with E-state index in [1.165, 1.54) is 0 Å². The molecule has 3 heteroatoms. The molecule has 1 aromatic carbocycles. The third-order valence-electron chi connectivity index (χ3n) is 2.05. The number of nitrogens with zero attached hydrogens (tertiary/aromatic N) is 1. The number of ether oxygens (including phenoxy) is 1. The van der Waals surface area contributed by atoms with E-state index < -0.39 is 0 Å². The Morgan fingerprint density at radius 1 is 1.36 bits per heavy atom. The van der Waals surface area contributed by atoms with Crippen LogP contribution in [0.4, 0.5) is 0 Å². The summed E-state index contributed by atoms with van der Waals surface area (Å²) in [6, 6.07) is 7.82. The predicted octanol–water partition coefficient (Wildman–Crippen LogP) is 2.39. The highest BCUT2D eigenvalue weighted by Gasteiger charge is 2.01. The number of aromatic nitrogens is 2. The van der Waals surface area contributed by atoms with E-state index >= 15 is 0 Å². The molecule has 14 heavy (non-hydrogen) atoms. The normalized spacial score (nSPS) is 10.1. The lowest BCUT2D eigenvalue weighted by molar-refractivity contribution is 0.415. The summed E-state index contributed by atoms with van der Waals surface area (Å²) in [6.07, 6.45) is 1.81. The van der Waals surface area contributed by atoms with Gasteiger partial charge in [0.25, 0.3) is 0 Å². The van der Waals surface area contributed by atoms with E-state index in [0.29, 0.717) is 0 Å². The molecule has 0 saturated carbocycles. The van der Waals surface area contributed by atoms with Gasteiger partial charge in [0, 0.05) is 17.5 Å². The molecule has 1 heterocycles. The van der Waals surface area contributed by atoms with Gasteiger partial charge in [-0.15, -0.1) is 0 Å². The molecule has 0 radical (unpaired) electrons. The van der Waals surface area contributed by atoms with E-state index in [1.807, 2.05) is 37.4 Å². The molecule has 0 unspecified atom stereocenters. The number of benzene rings is 1. The van der Waals surface area contributed by atoms with Crippen LogP contribution in [0.25, 0.3) is 11.4 Å². The summed E-state index contributed by atoms with van der Waals surface area (Å²) in [5.41, 5.74) is 2.10. The van der Waals surface area contributed by atoms with Crippen LogP contribution in [-0.2, 0) is 0 Å². The van der Waals surface area contributed by atoms with Crippen molar-refractivity contribution in [1.29, 1.82) is 0 Å². The topological polar surface area (TPSA) is 37.9 Å². The van der Waals surface area contributed by atoms with Crippen molar-refractivity contribution in [2.45, 2.75) is 6.92 Å². The minimum atomic E-state index is 0.844. The second-order valence-electron chi connectivity index (χ2n) is 3.15. The van der Waals surface area contributed by atoms with E-state index in [0.717, 1.165) is 22.8 Å². The summed E-state index contributed by atoms with van der Waals surface area (Å²) >= 11 is 0. The molecule has 0 spiro atoms. The van der Waals surface area contributed by atoms with E-state index in [9.17, 15) is 0 Å². The summed E-state index contributed by atoms with van der Waals surface area (Å²) in [5, 5.41) is 0. The van der Waals surface area contributed by atoms with Crippen LogP contribution in [0.15, 0.2) is 30.5 Å². The van der Waals surface area contributed by atoms with Gasteiger partial charge in [0.05, 0.1) is 7.11 Å². The first-order chi connectivity index (χ1) is 6.79. The van der Waals surface area contributed by atoms with Crippen molar-refractivity contribution in [3.8, 4) is 17.1 Å². The Morgan fingerprint density at radius 2 is 2.21 bits per heavy atom. The van der Waals surface area contributed by atoms with E-state index in [4.69, 9.17) is 4.74 Å². The molecule has 72 valence electrons. The first-order valence-corrected chi connectivity index (χ1v) is 4.45. The van der Waals surface area contributed by atoms with Crippen molar-refractivity contribution in [2.24, 2.45) is 0 Å². The van der Waals surface area contributed by atoms with Crippen molar-refractivity contribution in [1.82, 2.24) is 9.97 Å². The average molecular weight is 188 g/mol. The standard InChI is InChI=1S/C11H12N2O/c1-8-7-12-11(13-8)9-4-3-5-10(6-9)14-2/h3-7H,1-2H3,(H,12,13). The molecular formula is C11H12N2O. The monoisotopic (exact) mass is 188 g/mol. The number of H-pyrrole nitrogens is 1. The third kappa shape index (κ3) is 1.62. The zero-order valence-corrected chi connectivity index (χ0v) is 8.24. The predicted molar refractivity (Wildman–Crippen MR) is 55.3 cm³/mol. The molecule has 3 nitrogen and oxygen atoms in total. The minimum absolute atomic E-state index is 0.844. The number of rotatable bonds is 2. The van der Waals surface area contributed by atoms with Crippen LogP contribution in [0.3, 0.4) is 0 Å². The summed E-state index contributed by atoms with van der Waals surface area (Å²) < 4.78 is 5.14. The largest absolute Gasteiger partial charge is 0.497 e. The van der Waals surface area contributed by atoms with Crippen molar-refractivity contribution in [3.63, 3.8) is 0 Å². The van der Waals surface area contributed by atoms with Crippen LogP contribution in [-0.4, -0.2) is 17.1 Å². The highest BCUT2D eigenvalue weighted by atomic mass is 16.5. The Bertz CT molecular complexity index is 434. The zero-order valence-electron chi connectivity index (χ0n) is 8.24. The van der Waals surface area contributed by atoms with Gasteiger partial charge in [0.1, 0.15) is 11.6 Å². The molecule has 0 amide bonds. The Hall–Kier alpha value is -1.77. The molecule has 1 N–H and O–H groups in total. The Balaban J connectivity index is 2.41. The van der Waals surface area contributed by atoms with Crippen LogP contribution in [0.5, 0.6) is 5.75 Å². The molecule has 2 rings (SSSR count). The fraction of sp³-hybridized carbons (Fsp3) is 0.182. The SMILES string of the molecule is COc1cccc(-c2ncc(C)[nH]2)c1. The number of aryl methyl sites for hydroxylation is 1. The Labute approximate surface area is 82.8 Å². The van der Waals surface area contributed by atoms with Gasteiger partial charge in [-0.1, -0.05) is 12.1 Å². The van der Waals surface area contributed by atoms with Crippen molar-refractivity contribution in [3.05, 3.63) is 36.2 Å². The van der Waals surface area contributed by atoms with Crippen LogP contribution in [0.1, 0.15) is 5.69 Å². The lowest BCUT2D eigenvalue weighted by Gasteiger charge is -2.01. The van der Waals surface area contributed by atoms with Crippen LogP contribution < -0.4 is 4.74 Å². The third-order valence-corrected chi connectivity index (χ3v) is 2.05. The van der Waals surface area contributed by atoms with Crippen molar-refractivity contribution in [2.75, 3.05) is 7.11 Å². The maximum Gasteiger partial charge on any atom is 0.137 e. The molecule has 2 aromatic rings. The number of imidazole rings is 1. The van der Waals surface area contributed by atoms with E-state index in [2.05, 4.69) is 9.97 Å². The van der Waals surface area contributed by atoms with Gasteiger partial charge in [0.15, 0.2) is 0 Å². The zero-order chi connectivity index (χ0) is 9.97. The first-order valence-electron chi connectivity index (χ1n) is 4.45. The summed E-state index contributed by atoms with van der Waals surface area (Å²) in [4.78, 5) is 7.43. The lowest BCUT2D eigenvalue weighted by atomic mass is 10.2. The first kappa shape index (κ1) is 8.81. The number of methoxy groups -OCH3 is 1. The lowest BCUT2D eigenvalue weighted by Crippen LogP contribution is -1.84. The van der Waals surface area contributed by atoms with Crippen molar-refractivity contribution < 1.29 is 4.74 Å². The molecular weight excluding hydrogens is 176 g/mol. The number of aromatic amines is 1. The van der Waals surface area contributed by atoms with Crippen LogP contribution in [0.2, 0.25) is 0 Å². The molecule has 0 atom stereocenters. The molecule has 0 saturated heterocycles. The fourth-order valence-electron chi connectivity index (χ4n) is 1.33. The average Bonchev–Trinajstić information content (AvgIpc) is 2.65. The molecule has 0 bridgehead atoms. The van der Waals surface area contributed by atoms with Crippen LogP contribution >= 0.6 is 0 Å². The molecule has 0 fully saturated rings. The van der Waals surface area contributed by atoms with Gasteiger partial charge in [0.2, 0.25) is 0 Å². The Morgan fingerprint density at radius 3 is 2.86 bits per heavy atom. The van der Waals surface area contributed by atoms with Gasteiger partial charge in [-0.3, -0.25) is 0 Å². The molecule has 0 aliphatic heterocycles. The quantitative estimate of drug-likeness (QED) is 0.785. The summed E-state index contributed by atoms with van der Waals surface area (Å²) in [5.74, 6) is 1.72. The van der Waals surface area contributed by atoms with Gasteiger partial charge in [-0.2, -0.15) is 0 Å². The van der Waals surface area contributed by atoms with Gasteiger partial charge in [-0.25, -0.2) is 4.98 Å². The summed E-state index contributed by atoms with van der Waals surface area (Å²) in [7, 11) is 1.66. The molecule has 0 aliphatic rings. The van der Waals surface area contributed by atoms with Gasteiger partial charge < -0.3 is 9.72 Å².